The number of phenols is 2. The molecule has 0 aromatic heterocycles. The summed E-state index contributed by atoms with van der Waals surface area (Å²) in [5, 5.41) is 27.2. The average molecular weight is 355 g/mol. The summed E-state index contributed by atoms with van der Waals surface area (Å²) in [7, 11) is 0. The van der Waals surface area contributed by atoms with Crippen molar-refractivity contribution in [3.63, 3.8) is 0 Å². The Morgan fingerprint density at radius 2 is 1.81 bits per heavy atom. The van der Waals surface area contributed by atoms with Crippen molar-refractivity contribution in [1.29, 1.82) is 0 Å². The highest BCUT2D eigenvalue weighted by atomic mass is 16.3. The van der Waals surface area contributed by atoms with E-state index in [9.17, 15) is 15.0 Å². The van der Waals surface area contributed by atoms with E-state index in [0.717, 1.165) is 5.69 Å². The lowest BCUT2D eigenvalue weighted by atomic mass is 9.97. The minimum absolute atomic E-state index is 0.0197. The number of nitrogens with one attached hydrogen (secondary N) is 2. The van der Waals surface area contributed by atoms with Crippen LogP contribution in [0, 0.1) is 12.8 Å². The lowest BCUT2D eigenvalue weighted by Gasteiger charge is -2.13. The molecule has 0 aliphatic rings. The van der Waals surface area contributed by atoms with Crippen LogP contribution >= 0.6 is 0 Å². The van der Waals surface area contributed by atoms with Crippen molar-refractivity contribution in [2.45, 2.75) is 27.2 Å². The van der Waals surface area contributed by atoms with Crippen LogP contribution in [0.25, 0.3) is 0 Å². The number of carbonyl (C=O) groups excluding carboxylic acids is 1. The predicted molar refractivity (Wildman–Crippen MR) is 104 cm³/mol. The molecule has 2 aromatic rings. The van der Waals surface area contributed by atoms with Crippen LogP contribution in [0.15, 0.2) is 47.6 Å². The molecule has 0 unspecified atom stereocenters. The first kappa shape index (κ1) is 19.3. The number of para-hydroxylation sites is 1. The van der Waals surface area contributed by atoms with E-state index >= 15 is 0 Å². The second-order valence-corrected chi connectivity index (χ2v) is 6.52. The second kappa shape index (κ2) is 8.89. The predicted octanol–water partition coefficient (Wildman–Crippen LogP) is 3.38. The van der Waals surface area contributed by atoms with Gasteiger partial charge in [-0.25, -0.2) is 5.43 Å². The molecule has 0 spiro atoms. The van der Waals surface area contributed by atoms with Crippen LogP contribution in [0.3, 0.4) is 0 Å². The van der Waals surface area contributed by atoms with Crippen LogP contribution < -0.4 is 10.7 Å². The molecule has 0 atom stereocenters. The van der Waals surface area contributed by atoms with Crippen molar-refractivity contribution >= 4 is 17.3 Å². The summed E-state index contributed by atoms with van der Waals surface area (Å²) < 4.78 is 0. The zero-order valence-electron chi connectivity index (χ0n) is 15.3. The third-order valence-corrected chi connectivity index (χ3v) is 3.86. The van der Waals surface area contributed by atoms with E-state index in [4.69, 9.17) is 0 Å². The molecule has 0 heterocycles. The van der Waals surface area contributed by atoms with E-state index in [0.29, 0.717) is 23.3 Å². The normalized spacial score (nSPS) is 11.5. The summed E-state index contributed by atoms with van der Waals surface area (Å²) >= 11 is 0. The van der Waals surface area contributed by atoms with E-state index in [1.54, 1.807) is 13.0 Å². The number of amides is 1. The first-order valence-electron chi connectivity index (χ1n) is 8.54. The van der Waals surface area contributed by atoms with E-state index in [1.165, 1.54) is 6.07 Å². The number of anilines is 1. The molecule has 0 fully saturated rings. The van der Waals surface area contributed by atoms with Gasteiger partial charge in [-0.05, 0) is 43.5 Å². The fourth-order valence-electron chi connectivity index (χ4n) is 2.43. The monoisotopic (exact) mass is 355 g/mol. The third-order valence-electron chi connectivity index (χ3n) is 3.86. The van der Waals surface area contributed by atoms with E-state index in [1.807, 2.05) is 44.2 Å². The molecule has 2 rings (SSSR count). The van der Waals surface area contributed by atoms with Crippen molar-refractivity contribution in [3.05, 3.63) is 53.6 Å². The van der Waals surface area contributed by atoms with Gasteiger partial charge in [0, 0.05) is 16.8 Å². The highest BCUT2D eigenvalue weighted by Gasteiger charge is 2.15. The maximum absolute atomic E-state index is 12.1. The first-order valence-corrected chi connectivity index (χ1v) is 8.54. The number of hydrazone groups is 1. The van der Waals surface area contributed by atoms with E-state index < -0.39 is 0 Å². The highest BCUT2D eigenvalue weighted by molar-refractivity contribution is 6.04. The topological polar surface area (TPSA) is 94.0 Å². The molecule has 1 amide bonds. The molecule has 26 heavy (non-hydrogen) atoms. The fraction of sp³-hybridized carbons (Fsp3) is 0.300. The molecular weight excluding hydrogens is 330 g/mol. The van der Waals surface area contributed by atoms with Crippen LogP contribution in [0.2, 0.25) is 0 Å². The van der Waals surface area contributed by atoms with Gasteiger partial charge in [-0.1, -0.05) is 32.0 Å². The Morgan fingerprint density at radius 3 is 2.46 bits per heavy atom. The molecule has 138 valence electrons. The van der Waals surface area contributed by atoms with Crippen LogP contribution in [0.1, 0.15) is 31.4 Å². The second-order valence-electron chi connectivity index (χ2n) is 6.52. The molecule has 0 aliphatic carbocycles. The summed E-state index contributed by atoms with van der Waals surface area (Å²) in [6.07, 6.45) is 0.574. The summed E-state index contributed by atoms with van der Waals surface area (Å²) in [5.41, 5.74) is 4.83. The minimum atomic E-state index is -0.287. The Bertz CT molecular complexity index is 786. The number of hydrogen-bond donors (Lipinski definition) is 4. The van der Waals surface area contributed by atoms with Gasteiger partial charge in [0.15, 0.2) is 0 Å². The zero-order chi connectivity index (χ0) is 19.1. The smallest absolute Gasteiger partial charge is 0.259 e. The van der Waals surface area contributed by atoms with Crippen LogP contribution in [-0.4, -0.2) is 28.4 Å². The molecule has 6 nitrogen and oxygen atoms in total. The maximum Gasteiger partial charge on any atom is 0.259 e. The lowest BCUT2D eigenvalue weighted by Crippen LogP contribution is -2.27. The third kappa shape index (κ3) is 5.24. The summed E-state index contributed by atoms with van der Waals surface area (Å²) in [4.78, 5) is 12.1. The molecule has 6 heteroatoms. The van der Waals surface area contributed by atoms with Gasteiger partial charge < -0.3 is 15.5 Å². The van der Waals surface area contributed by atoms with Crippen molar-refractivity contribution in [1.82, 2.24) is 5.43 Å². The number of hydrogen-bond acceptors (Lipinski definition) is 5. The van der Waals surface area contributed by atoms with Gasteiger partial charge >= 0.3 is 0 Å². The first-order chi connectivity index (χ1) is 12.4. The lowest BCUT2D eigenvalue weighted by molar-refractivity contribution is -0.119. The van der Waals surface area contributed by atoms with Gasteiger partial charge in [-0.15, -0.1) is 0 Å². The highest BCUT2D eigenvalue weighted by Crippen LogP contribution is 2.31. The van der Waals surface area contributed by atoms with Crippen LogP contribution in [0.4, 0.5) is 5.69 Å². The standard InChI is InChI=1S/C20H25N3O3/c1-13(2)11-17(16-9-10-18(24)14(3)20(16)26)22-23-19(25)12-21-15-7-5-4-6-8-15/h4-10,13,21,24,26H,11-12H2,1-3H3,(H,23,25)/b22-17+. The Morgan fingerprint density at radius 1 is 1.12 bits per heavy atom. The van der Waals surface area contributed by atoms with Gasteiger partial charge in [0.05, 0.1) is 12.3 Å². The maximum atomic E-state index is 12.1. The average Bonchev–Trinajstić information content (AvgIpc) is 2.62. The Hall–Kier alpha value is -3.02. The molecule has 2 aromatic carbocycles. The molecule has 0 bridgehead atoms. The summed E-state index contributed by atoms with van der Waals surface area (Å²) in [6, 6.07) is 12.5. The van der Waals surface area contributed by atoms with Crippen molar-refractivity contribution in [2.75, 3.05) is 11.9 Å². The van der Waals surface area contributed by atoms with Crippen molar-refractivity contribution in [3.8, 4) is 11.5 Å². The fourth-order valence-corrected chi connectivity index (χ4v) is 2.43. The molecular formula is C20H25N3O3. The van der Waals surface area contributed by atoms with Gasteiger partial charge in [-0.3, -0.25) is 4.79 Å². The van der Waals surface area contributed by atoms with Gasteiger partial charge in [-0.2, -0.15) is 5.10 Å². The minimum Gasteiger partial charge on any atom is -0.508 e. The van der Waals surface area contributed by atoms with Gasteiger partial charge in [0.25, 0.3) is 5.91 Å². The zero-order valence-corrected chi connectivity index (χ0v) is 15.3. The van der Waals surface area contributed by atoms with E-state index in [-0.39, 0.29) is 29.9 Å². The number of carbonyl (C=O) groups is 1. The number of aromatic hydroxyl groups is 2. The van der Waals surface area contributed by atoms with Gasteiger partial charge in [0.2, 0.25) is 0 Å². The van der Waals surface area contributed by atoms with Crippen molar-refractivity contribution < 1.29 is 15.0 Å². The van der Waals surface area contributed by atoms with Crippen molar-refractivity contribution in [2.24, 2.45) is 11.0 Å². The quantitative estimate of drug-likeness (QED) is 0.452. The molecule has 4 N–H and O–H groups in total. The summed E-state index contributed by atoms with van der Waals surface area (Å²) in [6.45, 7) is 5.77. The Balaban J connectivity index is 2.11. The summed E-state index contributed by atoms with van der Waals surface area (Å²) in [5.74, 6) is -0.0148. The SMILES string of the molecule is Cc1c(O)ccc(/C(CC(C)C)=N/NC(=O)CNc2ccccc2)c1O. The number of nitrogens with zero attached hydrogens (tertiary/aromatic N) is 1. The Labute approximate surface area is 153 Å². The molecule has 0 aliphatic heterocycles. The largest absolute Gasteiger partial charge is 0.508 e. The number of phenolic OH excluding ortho intramolecular Hbond substituents is 2. The molecule has 0 saturated carbocycles. The van der Waals surface area contributed by atoms with Crippen LogP contribution in [-0.2, 0) is 4.79 Å². The Kier molecular flexibility index (Phi) is 6.60. The molecule has 0 radical (unpaired) electrons. The van der Waals surface area contributed by atoms with E-state index in [2.05, 4.69) is 15.8 Å². The number of rotatable bonds is 7. The molecule has 0 saturated heterocycles. The number of benzene rings is 2. The van der Waals surface area contributed by atoms with Crippen LogP contribution in [0.5, 0.6) is 11.5 Å². The van der Waals surface area contributed by atoms with Gasteiger partial charge in [0.1, 0.15) is 11.5 Å².